The molecule has 2 heterocycles. The van der Waals surface area contributed by atoms with Crippen LogP contribution in [0, 0.1) is 0 Å². The molecular formula is C10H14N2O4. The number of carbonyl (C=O) groups excluding carboxylic acids is 1. The fourth-order valence-corrected chi connectivity index (χ4v) is 1.63. The first kappa shape index (κ1) is 11.1. The predicted octanol–water partition coefficient (Wildman–Crippen LogP) is -1.13. The van der Waals surface area contributed by atoms with Crippen LogP contribution >= 0.6 is 0 Å². The number of amides is 1. The Labute approximate surface area is 92.8 Å². The lowest BCUT2D eigenvalue weighted by Crippen LogP contribution is -2.53. The van der Waals surface area contributed by atoms with Gasteiger partial charge in [0.05, 0.1) is 6.61 Å². The largest absolute Gasteiger partial charge is 0.393 e. The topological polar surface area (TPSA) is 82.0 Å². The van der Waals surface area contributed by atoms with Crippen LogP contribution in [0.3, 0.4) is 0 Å². The van der Waals surface area contributed by atoms with Crippen molar-refractivity contribution in [2.24, 2.45) is 0 Å². The van der Waals surface area contributed by atoms with Crippen molar-refractivity contribution in [1.82, 2.24) is 10.2 Å². The lowest BCUT2D eigenvalue weighted by molar-refractivity contribution is -0.138. The molecule has 0 aromatic carbocycles. The van der Waals surface area contributed by atoms with Crippen LogP contribution in [0.1, 0.15) is 6.92 Å². The fraction of sp³-hybridized carbons (Fsp3) is 0.500. The summed E-state index contributed by atoms with van der Waals surface area (Å²) in [6.07, 6.45) is 3.05. The Bertz CT molecular complexity index is 353. The van der Waals surface area contributed by atoms with Crippen LogP contribution in [-0.4, -0.2) is 46.3 Å². The van der Waals surface area contributed by atoms with Gasteiger partial charge in [0, 0.05) is 11.8 Å². The van der Waals surface area contributed by atoms with Gasteiger partial charge in [-0.05, 0) is 13.0 Å². The summed E-state index contributed by atoms with van der Waals surface area (Å²) in [5.41, 5.74) is 0.495. The number of hydrogen-bond donors (Lipinski definition) is 3. The number of carbonyl (C=O) groups is 1. The Kier molecular flexibility index (Phi) is 2.95. The second kappa shape index (κ2) is 4.25. The van der Waals surface area contributed by atoms with E-state index in [1.54, 1.807) is 19.1 Å². The lowest BCUT2D eigenvalue weighted by Gasteiger charge is -2.35. The first-order chi connectivity index (χ1) is 7.61. The molecule has 0 unspecified atom stereocenters. The Morgan fingerprint density at radius 3 is 2.94 bits per heavy atom. The first-order valence-electron chi connectivity index (χ1n) is 5.01. The van der Waals surface area contributed by atoms with Crippen LogP contribution in [0.15, 0.2) is 23.9 Å². The van der Waals surface area contributed by atoms with Crippen LogP contribution in [0.2, 0.25) is 0 Å². The van der Waals surface area contributed by atoms with Gasteiger partial charge in [-0.2, -0.15) is 0 Å². The summed E-state index contributed by atoms with van der Waals surface area (Å²) < 4.78 is 5.41. The van der Waals surface area contributed by atoms with E-state index in [4.69, 9.17) is 9.84 Å². The highest BCUT2D eigenvalue weighted by atomic mass is 16.5. The van der Waals surface area contributed by atoms with E-state index in [9.17, 15) is 9.90 Å². The number of hydrogen-bond acceptors (Lipinski definition) is 5. The van der Waals surface area contributed by atoms with E-state index in [-0.39, 0.29) is 18.6 Å². The summed E-state index contributed by atoms with van der Waals surface area (Å²) in [6.45, 7) is 1.54. The molecule has 6 nitrogen and oxygen atoms in total. The van der Waals surface area contributed by atoms with Crippen LogP contribution in [-0.2, 0) is 9.53 Å². The molecule has 2 rings (SSSR count). The van der Waals surface area contributed by atoms with Gasteiger partial charge in [-0.15, -0.1) is 0 Å². The highest BCUT2D eigenvalue weighted by Gasteiger charge is 2.31. The van der Waals surface area contributed by atoms with E-state index in [1.807, 2.05) is 0 Å². The van der Waals surface area contributed by atoms with Crippen LogP contribution in [0.4, 0.5) is 0 Å². The van der Waals surface area contributed by atoms with Gasteiger partial charge in [0.15, 0.2) is 6.23 Å². The summed E-state index contributed by atoms with van der Waals surface area (Å²) in [7, 11) is 0. The Morgan fingerprint density at radius 1 is 1.56 bits per heavy atom. The third-order valence-corrected chi connectivity index (χ3v) is 2.52. The Balaban J connectivity index is 2.10. The van der Waals surface area contributed by atoms with E-state index in [1.165, 1.54) is 11.1 Å². The lowest BCUT2D eigenvalue weighted by atomic mass is 10.2. The van der Waals surface area contributed by atoms with Crippen molar-refractivity contribution in [3.63, 3.8) is 0 Å². The number of aliphatic hydroxyl groups is 2. The van der Waals surface area contributed by atoms with Crippen LogP contribution < -0.4 is 5.32 Å². The van der Waals surface area contributed by atoms with E-state index in [0.717, 1.165) is 0 Å². The maximum absolute atomic E-state index is 11.2. The first-order valence-corrected chi connectivity index (χ1v) is 5.01. The van der Waals surface area contributed by atoms with E-state index < -0.39 is 12.6 Å². The van der Waals surface area contributed by atoms with Gasteiger partial charge in [-0.25, -0.2) is 0 Å². The minimum absolute atomic E-state index is 0.105. The SMILES string of the molecule is CC1=CN([C@H]2C=C[C@@H](CO)O2)[C@@H](O)NC1=O. The zero-order chi connectivity index (χ0) is 11.7. The molecule has 2 aliphatic heterocycles. The molecule has 16 heavy (non-hydrogen) atoms. The number of nitrogens with zero attached hydrogens (tertiary/aromatic N) is 1. The number of ether oxygens (including phenoxy) is 1. The molecule has 0 aromatic heterocycles. The highest BCUT2D eigenvalue weighted by molar-refractivity contribution is 5.93. The van der Waals surface area contributed by atoms with E-state index in [0.29, 0.717) is 5.57 Å². The van der Waals surface area contributed by atoms with Gasteiger partial charge in [0.2, 0.25) is 6.35 Å². The summed E-state index contributed by atoms with van der Waals surface area (Å²) in [5.74, 6) is -0.301. The molecular weight excluding hydrogens is 212 g/mol. The minimum atomic E-state index is -1.11. The van der Waals surface area contributed by atoms with Gasteiger partial charge < -0.3 is 25.2 Å². The fourth-order valence-electron chi connectivity index (χ4n) is 1.63. The Hall–Kier alpha value is -1.37. The normalized spacial score (nSPS) is 33.9. The number of aliphatic hydroxyl groups excluding tert-OH is 2. The van der Waals surface area contributed by atoms with Gasteiger partial charge in [-0.3, -0.25) is 4.79 Å². The van der Waals surface area contributed by atoms with Crippen molar-refractivity contribution < 1.29 is 19.7 Å². The van der Waals surface area contributed by atoms with Gasteiger partial charge in [0.1, 0.15) is 6.10 Å². The molecule has 0 aromatic rings. The van der Waals surface area contributed by atoms with Crippen molar-refractivity contribution in [1.29, 1.82) is 0 Å². The van der Waals surface area contributed by atoms with Gasteiger partial charge >= 0.3 is 0 Å². The molecule has 88 valence electrons. The molecule has 3 N–H and O–H groups in total. The molecule has 0 saturated carbocycles. The van der Waals surface area contributed by atoms with Gasteiger partial charge in [0.25, 0.3) is 5.91 Å². The number of rotatable bonds is 2. The van der Waals surface area contributed by atoms with Crippen molar-refractivity contribution in [3.05, 3.63) is 23.9 Å². The van der Waals surface area contributed by atoms with Gasteiger partial charge in [-0.1, -0.05) is 6.08 Å². The van der Waals surface area contributed by atoms with Crippen molar-refractivity contribution in [2.45, 2.75) is 25.6 Å². The summed E-state index contributed by atoms with van der Waals surface area (Å²) in [4.78, 5) is 12.7. The third kappa shape index (κ3) is 1.95. The van der Waals surface area contributed by atoms with E-state index >= 15 is 0 Å². The number of nitrogens with one attached hydrogen (secondary N) is 1. The maximum atomic E-state index is 11.2. The molecule has 2 aliphatic rings. The molecule has 0 radical (unpaired) electrons. The summed E-state index contributed by atoms with van der Waals surface area (Å²) >= 11 is 0. The molecule has 0 bridgehead atoms. The summed E-state index contributed by atoms with van der Waals surface area (Å²) in [5, 5.41) is 20.9. The second-order valence-corrected chi connectivity index (χ2v) is 3.74. The molecule has 0 spiro atoms. The zero-order valence-electron chi connectivity index (χ0n) is 8.83. The summed E-state index contributed by atoms with van der Waals surface area (Å²) in [6, 6.07) is 0. The average Bonchev–Trinajstić information content (AvgIpc) is 2.71. The molecule has 0 saturated heterocycles. The van der Waals surface area contributed by atoms with Crippen molar-refractivity contribution in [3.8, 4) is 0 Å². The molecule has 1 amide bonds. The van der Waals surface area contributed by atoms with E-state index in [2.05, 4.69) is 5.32 Å². The molecule has 6 heteroatoms. The average molecular weight is 226 g/mol. The van der Waals surface area contributed by atoms with Crippen LogP contribution in [0.5, 0.6) is 0 Å². The molecule has 0 aliphatic carbocycles. The maximum Gasteiger partial charge on any atom is 0.251 e. The van der Waals surface area contributed by atoms with Crippen molar-refractivity contribution in [2.75, 3.05) is 6.61 Å². The quantitative estimate of drug-likeness (QED) is 0.519. The molecule has 3 atom stereocenters. The second-order valence-electron chi connectivity index (χ2n) is 3.74. The minimum Gasteiger partial charge on any atom is -0.393 e. The molecule has 0 fully saturated rings. The smallest absolute Gasteiger partial charge is 0.251 e. The third-order valence-electron chi connectivity index (χ3n) is 2.52. The predicted molar refractivity (Wildman–Crippen MR) is 54.6 cm³/mol. The van der Waals surface area contributed by atoms with Crippen molar-refractivity contribution >= 4 is 5.91 Å². The Morgan fingerprint density at radius 2 is 2.31 bits per heavy atom. The standard InChI is InChI=1S/C10H14N2O4/c1-6-4-12(10(15)11-9(6)14)8-3-2-7(5-13)16-8/h2-4,7-8,10,13,15H,5H2,1H3,(H,11,14)/t7-,8+,10-/m0/s1. The van der Waals surface area contributed by atoms with Crippen LogP contribution in [0.25, 0.3) is 0 Å². The monoisotopic (exact) mass is 226 g/mol. The highest BCUT2D eigenvalue weighted by Crippen LogP contribution is 2.19. The zero-order valence-corrected chi connectivity index (χ0v) is 8.83.